The molecule has 2 saturated heterocycles. The van der Waals surface area contributed by atoms with E-state index in [4.69, 9.17) is 18.9 Å². The maximum Gasteiger partial charge on any atom is 0.123 e. The molecule has 2 heterocycles. The summed E-state index contributed by atoms with van der Waals surface area (Å²) in [6.07, 6.45) is 8.32. The minimum Gasteiger partial charge on any atom is -0.490 e. The number of hydrogen-bond donors (Lipinski definition) is 0. The van der Waals surface area contributed by atoms with E-state index in [-0.39, 0.29) is 23.0 Å². The molecule has 2 aromatic rings. The van der Waals surface area contributed by atoms with Gasteiger partial charge in [-0.2, -0.15) is 0 Å². The van der Waals surface area contributed by atoms with E-state index in [0.29, 0.717) is 13.2 Å². The SMILES string of the molecule is Cc1ccc(C23CC4CC(C2)CC(c2ccc(C)cc2OCC2CO2)(C4)C3)c(OCC2CO2)c1. The van der Waals surface area contributed by atoms with Gasteiger partial charge in [-0.3, -0.25) is 0 Å². The predicted molar refractivity (Wildman–Crippen MR) is 131 cm³/mol. The summed E-state index contributed by atoms with van der Waals surface area (Å²) in [6.45, 7) is 7.35. The molecule has 180 valence electrons. The first-order chi connectivity index (χ1) is 16.5. The third-order valence-corrected chi connectivity index (χ3v) is 9.13. The van der Waals surface area contributed by atoms with Gasteiger partial charge in [-0.05, 0) is 87.5 Å². The summed E-state index contributed by atoms with van der Waals surface area (Å²) in [4.78, 5) is 0. The monoisotopic (exact) mass is 460 g/mol. The van der Waals surface area contributed by atoms with Crippen molar-refractivity contribution in [2.24, 2.45) is 11.8 Å². The zero-order valence-corrected chi connectivity index (χ0v) is 20.5. The van der Waals surface area contributed by atoms with E-state index in [0.717, 1.165) is 36.5 Å². The highest BCUT2D eigenvalue weighted by Gasteiger charge is 2.60. The predicted octanol–water partition coefficient (Wildman–Crippen LogP) is 5.65. The maximum atomic E-state index is 6.42. The van der Waals surface area contributed by atoms with Crippen molar-refractivity contribution < 1.29 is 18.9 Å². The molecular weight excluding hydrogens is 424 g/mol. The highest BCUT2D eigenvalue weighted by Crippen LogP contribution is 2.67. The summed E-state index contributed by atoms with van der Waals surface area (Å²) in [5, 5.41) is 0. The molecule has 0 N–H and O–H groups in total. The lowest BCUT2D eigenvalue weighted by Crippen LogP contribution is -2.56. The Balaban J connectivity index is 1.27. The first-order valence-corrected chi connectivity index (χ1v) is 13.2. The topological polar surface area (TPSA) is 43.5 Å². The largest absolute Gasteiger partial charge is 0.490 e. The maximum absolute atomic E-state index is 6.42. The van der Waals surface area contributed by atoms with E-state index >= 15 is 0 Å². The molecule has 2 atom stereocenters. The van der Waals surface area contributed by atoms with Gasteiger partial charge in [0.05, 0.1) is 13.2 Å². The summed E-state index contributed by atoms with van der Waals surface area (Å²) in [6, 6.07) is 13.9. The van der Waals surface area contributed by atoms with Crippen LogP contribution < -0.4 is 9.47 Å². The summed E-state index contributed by atoms with van der Waals surface area (Å²) < 4.78 is 23.7. The lowest BCUT2D eigenvalue weighted by Gasteiger charge is -2.63. The standard InChI is InChI=1S/C30H36O4/c1-19-3-5-25(27(7-19)33-16-23-14-31-23)29-10-21-9-22(11-29)13-30(12-21,18-29)26-6-4-20(2)8-28(26)34-17-24-15-32-24/h3-8,21-24H,9-18H2,1-2H3. The lowest BCUT2D eigenvalue weighted by molar-refractivity contribution is -0.0301. The van der Waals surface area contributed by atoms with Crippen molar-refractivity contribution in [2.45, 2.75) is 75.4 Å². The highest BCUT2D eigenvalue weighted by atomic mass is 16.6. The zero-order chi connectivity index (χ0) is 22.9. The fraction of sp³-hybridized carbons (Fsp3) is 0.600. The molecule has 6 fully saturated rings. The molecule has 4 aliphatic carbocycles. The van der Waals surface area contributed by atoms with Crippen molar-refractivity contribution in [3.63, 3.8) is 0 Å². The molecule has 4 bridgehead atoms. The van der Waals surface area contributed by atoms with Gasteiger partial charge in [-0.25, -0.2) is 0 Å². The number of benzene rings is 2. The van der Waals surface area contributed by atoms with Gasteiger partial charge in [0, 0.05) is 22.0 Å². The van der Waals surface area contributed by atoms with Crippen molar-refractivity contribution >= 4 is 0 Å². The second-order valence-electron chi connectivity index (χ2n) is 12.1. The minimum atomic E-state index is 0.194. The molecule has 8 rings (SSSR count). The van der Waals surface area contributed by atoms with Crippen molar-refractivity contribution in [3.05, 3.63) is 58.7 Å². The Hall–Kier alpha value is -2.04. The fourth-order valence-electron chi connectivity index (χ4n) is 7.96. The Kier molecular flexibility index (Phi) is 4.83. The van der Waals surface area contributed by atoms with E-state index in [2.05, 4.69) is 50.2 Å². The van der Waals surface area contributed by atoms with Gasteiger partial charge in [0.2, 0.25) is 0 Å². The van der Waals surface area contributed by atoms with Crippen LogP contribution >= 0.6 is 0 Å². The van der Waals surface area contributed by atoms with Crippen LogP contribution in [0, 0.1) is 25.7 Å². The Morgan fingerprint density at radius 3 is 1.59 bits per heavy atom. The van der Waals surface area contributed by atoms with Gasteiger partial charge in [0.1, 0.15) is 36.9 Å². The number of rotatable bonds is 8. The van der Waals surface area contributed by atoms with E-state index in [1.807, 2.05) is 0 Å². The Morgan fingerprint density at radius 2 is 1.18 bits per heavy atom. The van der Waals surface area contributed by atoms with Crippen molar-refractivity contribution in [2.75, 3.05) is 26.4 Å². The van der Waals surface area contributed by atoms with Crippen molar-refractivity contribution in [1.29, 1.82) is 0 Å². The third-order valence-electron chi connectivity index (χ3n) is 9.13. The van der Waals surface area contributed by atoms with Crippen molar-refractivity contribution in [3.8, 4) is 11.5 Å². The molecule has 2 aliphatic heterocycles. The van der Waals surface area contributed by atoms with E-state index in [1.54, 1.807) is 0 Å². The molecule has 6 aliphatic rings. The molecule has 2 aromatic carbocycles. The van der Waals surface area contributed by atoms with Crippen LogP contribution in [0.25, 0.3) is 0 Å². The quantitative estimate of drug-likeness (QED) is 0.478. The molecule has 4 nitrogen and oxygen atoms in total. The normalized spacial score (nSPS) is 37.0. The first kappa shape index (κ1) is 21.3. The zero-order valence-electron chi connectivity index (χ0n) is 20.5. The number of epoxide rings is 2. The fourth-order valence-corrected chi connectivity index (χ4v) is 7.96. The van der Waals surface area contributed by atoms with Crippen LogP contribution in [0.2, 0.25) is 0 Å². The van der Waals surface area contributed by atoms with Gasteiger partial charge in [0.15, 0.2) is 0 Å². The number of ether oxygens (including phenoxy) is 4. The lowest BCUT2D eigenvalue weighted by atomic mass is 9.41. The van der Waals surface area contributed by atoms with Crippen LogP contribution in [0.1, 0.15) is 60.8 Å². The average Bonchev–Trinajstić information content (AvgIpc) is 3.71. The summed E-state index contributed by atoms with van der Waals surface area (Å²) in [5.41, 5.74) is 5.81. The molecule has 4 saturated carbocycles. The van der Waals surface area contributed by atoms with Gasteiger partial charge < -0.3 is 18.9 Å². The molecule has 2 unspecified atom stereocenters. The molecule has 0 spiro atoms. The van der Waals surface area contributed by atoms with Gasteiger partial charge in [0.25, 0.3) is 0 Å². The molecule has 0 aromatic heterocycles. The van der Waals surface area contributed by atoms with E-state index in [9.17, 15) is 0 Å². The molecule has 0 amide bonds. The number of hydrogen-bond acceptors (Lipinski definition) is 4. The van der Waals surface area contributed by atoms with E-state index < -0.39 is 0 Å². The van der Waals surface area contributed by atoms with Crippen LogP contribution in [0.4, 0.5) is 0 Å². The van der Waals surface area contributed by atoms with Crippen LogP contribution in [0.5, 0.6) is 11.5 Å². The Labute approximate surface area is 202 Å². The van der Waals surface area contributed by atoms with Crippen LogP contribution in [0.3, 0.4) is 0 Å². The van der Waals surface area contributed by atoms with E-state index in [1.165, 1.54) is 60.8 Å². The van der Waals surface area contributed by atoms with Gasteiger partial charge >= 0.3 is 0 Å². The highest BCUT2D eigenvalue weighted by molar-refractivity contribution is 5.49. The van der Waals surface area contributed by atoms with Crippen molar-refractivity contribution in [1.82, 2.24) is 0 Å². The molecule has 34 heavy (non-hydrogen) atoms. The van der Waals surface area contributed by atoms with Crippen LogP contribution in [0.15, 0.2) is 36.4 Å². The third kappa shape index (κ3) is 3.74. The van der Waals surface area contributed by atoms with Crippen LogP contribution in [-0.2, 0) is 20.3 Å². The number of aryl methyl sites for hydroxylation is 2. The van der Waals surface area contributed by atoms with Gasteiger partial charge in [-0.1, -0.05) is 24.3 Å². The second-order valence-corrected chi connectivity index (χ2v) is 12.1. The second kappa shape index (κ2) is 7.73. The average molecular weight is 461 g/mol. The smallest absolute Gasteiger partial charge is 0.123 e. The summed E-state index contributed by atoms with van der Waals surface area (Å²) >= 11 is 0. The van der Waals surface area contributed by atoms with Gasteiger partial charge in [-0.15, -0.1) is 0 Å². The Bertz CT molecular complexity index is 1000. The summed E-state index contributed by atoms with van der Waals surface area (Å²) in [7, 11) is 0. The molecule has 0 radical (unpaired) electrons. The van der Waals surface area contributed by atoms with Crippen LogP contribution in [-0.4, -0.2) is 38.6 Å². The Morgan fingerprint density at radius 1 is 0.735 bits per heavy atom. The molecule has 4 heteroatoms. The molecular formula is C30H36O4. The first-order valence-electron chi connectivity index (χ1n) is 13.2. The minimum absolute atomic E-state index is 0.194. The summed E-state index contributed by atoms with van der Waals surface area (Å²) in [5.74, 6) is 3.75.